The molecule has 4 heteroatoms. The van der Waals surface area contributed by atoms with Gasteiger partial charge in [-0.25, -0.2) is 4.79 Å². The Labute approximate surface area is 107 Å². The first-order chi connectivity index (χ1) is 8.53. The molecule has 1 heterocycles. The van der Waals surface area contributed by atoms with Gasteiger partial charge in [0, 0.05) is 18.4 Å². The summed E-state index contributed by atoms with van der Waals surface area (Å²) in [5.41, 5.74) is 2.31. The van der Waals surface area contributed by atoms with Gasteiger partial charge in [-0.15, -0.1) is 0 Å². The zero-order valence-corrected chi connectivity index (χ0v) is 11.1. The van der Waals surface area contributed by atoms with Gasteiger partial charge in [0.2, 0.25) is 0 Å². The maximum Gasteiger partial charge on any atom is 0.406 e. The third-order valence-corrected chi connectivity index (χ3v) is 3.33. The van der Waals surface area contributed by atoms with Crippen LogP contribution in [0, 0.1) is 0 Å². The van der Waals surface area contributed by atoms with Gasteiger partial charge in [-0.05, 0) is 17.2 Å². The molecule has 0 saturated carbocycles. The van der Waals surface area contributed by atoms with E-state index in [2.05, 4.69) is 36.0 Å². The molecule has 0 unspecified atom stereocenters. The van der Waals surface area contributed by atoms with E-state index in [0.717, 1.165) is 18.8 Å². The van der Waals surface area contributed by atoms with Crippen LogP contribution in [0.5, 0.6) is 5.75 Å². The summed E-state index contributed by atoms with van der Waals surface area (Å²) in [6, 6.07) is 6.24. The number of amides is 1. The lowest BCUT2D eigenvalue weighted by atomic mass is 9.83. The van der Waals surface area contributed by atoms with Crippen molar-refractivity contribution in [3.63, 3.8) is 0 Å². The number of rotatable bonds is 3. The van der Waals surface area contributed by atoms with Crippen molar-refractivity contribution in [2.24, 2.45) is 0 Å². The summed E-state index contributed by atoms with van der Waals surface area (Å²) in [5, 5.41) is 2.75. The predicted molar refractivity (Wildman–Crippen MR) is 69.1 cm³/mol. The lowest BCUT2D eigenvalue weighted by Crippen LogP contribution is -2.36. The van der Waals surface area contributed by atoms with Gasteiger partial charge in [0.25, 0.3) is 0 Å². The fourth-order valence-electron chi connectivity index (χ4n) is 2.07. The van der Waals surface area contributed by atoms with Gasteiger partial charge in [0.15, 0.2) is 0 Å². The fourth-order valence-corrected chi connectivity index (χ4v) is 2.07. The number of ether oxygens (including phenoxy) is 2. The second-order valence-corrected chi connectivity index (χ2v) is 5.15. The third kappa shape index (κ3) is 2.58. The minimum Gasteiger partial charge on any atom is -0.493 e. The van der Waals surface area contributed by atoms with Crippen LogP contribution in [0.1, 0.15) is 25.0 Å². The molecular weight excluding hydrogens is 230 g/mol. The molecule has 1 aliphatic rings. The Bertz CT molecular complexity index is 454. The quantitative estimate of drug-likeness (QED) is 0.893. The van der Waals surface area contributed by atoms with E-state index in [4.69, 9.17) is 4.74 Å². The number of carbonyl (C=O) groups is 1. The maximum atomic E-state index is 11.1. The first-order valence-electron chi connectivity index (χ1n) is 6.11. The van der Waals surface area contributed by atoms with E-state index in [1.54, 1.807) is 0 Å². The molecule has 0 spiro atoms. The monoisotopic (exact) mass is 249 g/mol. The van der Waals surface area contributed by atoms with Crippen LogP contribution in [0.4, 0.5) is 4.79 Å². The van der Waals surface area contributed by atoms with Crippen molar-refractivity contribution in [2.45, 2.75) is 25.7 Å². The fraction of sp³-hybridized carbons (Fsp3) is 0.500. The van der Waals surface area contributed by atoms with Gasteiger partial charge in [-0.3, -0.25) is 0 Å². The molecule has 0 fully saturated rings. The van der Waals surface area contributed by atoms with Crippen molar-refractivity contribution in [3.05, 3.63) is 29.3 Å². The first-order valence-corrected chi connectivity index (χ1v) is 6.11. The summed E-state index contributed by atoms with van der Waals surface area (Å²) in [7, 11) is 1.37. The molecule has 0 atom stereocenters. The van der Waals surface area contributed by atoms with E-state index in [1.165, 1.54) is 18.2 Å². The van der Waals surface area contributed by atoms with Crippen molar-refractivity contribution in [3.8, 4) is 5.75 Å². The SMILES string of the molecule is COC(=O)NCC(C)(C)c1ccc2c(c1)CCO2. The van der Waals surface area contributed by atoms with Crippen LogP contribution in [-0.4, -0.2) is 26.4 Å². The van der Waals surface area contributed by atoms with Crippen molar-refractivity contribution in [1.29, 1.82) is 0 Å². The number of hydrogen-bond acceptors (Lipinski definition) is 3. The predicted octanol–water partition coefficient (Wildman–Crippen LogP) is 2.26. The minimum atomic E-state index is -0.396. The normalized spacial score (nSPS) is 13.7. The van der Waals surface area contributed by atoms with E-state index < -0.39 is 6.09 Å². The molecule has 1 N–H and O–H groups in total. The average molecular weight is 249 g/mol. The lowest BCUT2D eigenvalue weighted by Gasteiger charge is -2.25. The standard InChI is InChI=1S/C14H19NO3/c1-14(2,9-15-13(16)17-3)11-4-5-12-10(8-11)6-7-18-12/h4-5,8H,6-7,9H2,1-3H3,(H,15,16). The molecule has 1 amide bonds. The molecule has 0 radical (unpaired) electrons. The Morgan fingerprint density at radius 1 is 1.50 bits per heavy atom. The van der Waals surface area contributed by atoms with Crippen LogP contribution in [0.25, 0.3) is 0 Å². The molecule has 4 nitrogen and oxygen atoms in total. The summed E-state index contributed by atoms with van der Waals surface area (Å²) in [4.78, 5) is 11.1. The van der Waals surface area contributed by atoms with Crippen LogP contribution in [0.2, 0.25) is 0 Å². The molecule has 1 aromatic carbocycles. The number of hydrogen-bond donors (Lipinski definition) is 1. The van der Waals surface area contributed by atoms with Gasteiger partial charge in [-0.1, -0.05) is 26.0 Å². The van der Waals surface area contributed by atoms with E-state index in [1.807, 2.05) is 6.07 Å². The highest BCUT2D eigenvalue weighted by molar-refractivity contribution is 5.67. The Morgan fingerprint density at radius 3 is 3.00 bits per heavy atom. The Morgan fingerprint density at radius 2 is 2.28 bits per heavy atom. The molecule has 0 aromatic heterocycles. The van der Waals surface area contributed by atoms with Gasteiger partial charge >= 0.3 is 6.09 Å². The van der Waals surface area contributed by atoms with E-state index in [-0.39, 0.29) is 5.41 Å². The third-order valence-electron chi connectivity index (χ3n) is 3.33. The highest BCUT2D eigenvalue weighted by Crippen LogP contribution is 2.31. The van der Waals surface area contributed by atoms with Gasteiger partial charge in [0.05, 0.1) is 13.7 Å². The number of carbonyl (C=O) groups excluding carboxylic acids is 1. The van der Waals surface area contributed by atoms with Gasteiger partial charge in [-0.2, -0.15) is 0 Å². The summed E-state index contributed by atoms with van der Waals surface area (Å²) in [5.74, 6) is 0.982. The molecule has 1 aromatic rings. The van der Waals surface area contributed by atoms with Crippen molar-refractivity contribution in [2.75, 3.05) is 20.3 Å². The van der Waals surface area contributed by atoms with Crippen molar-refractivity contribution in [1.82, 2.24) is 5.32 Å². The zero-order chi connectivity index (χ0) is 13.2. The smallest absolute Gasteiger partial charge is 0.406 e. The van der Waals surface area contributed by atoms with Crippen LogP contribution in [-0.2, 0) is 16.6 Å². The number of methoxy groups -OCH3 is 1. The van der Waals surface area contributed by atoms with Gasteiger partial charge < -0.3 is 14.8 Å². The van der Waals surface area contributed by atoms with Crippen LogP contribution >= 0.6 is 0 Å². The molecule has 0 bridgehead atoms. The van der Waals surface area contributed by atoms with Crippen LogP contribution in [0.15, 0.2) is 18.2 Å². The van der Waals surface area contributed by atoms with Crippen LogP contribution in [0.3, 0.4) is 0 Å². The molecule has 2 rings (SSSR count). The molecule has 0 aliphatic carbocycles. The number of nitrogens with one attached hydrogen (secondary N) is 1. The first kappa shape index (κ1) is 12.7. The summed E-state index contributed by atoms with van der Waals surface area (Å²) in [6.45, 7) is 5.50. The largest absolute Gasteiger partial charge is 0.493 e. The zero-order valence-electron chi connectivity index (χ0n) is 11.1. The minimum absolute atomic E-state index is 0.133. The average Bonchev–Trinajstić information content (AvgIpc) is 2.83. The van der Waals surface area contributed by atoms with Crippen molar-refractivity contribution >= 4 is 6.09 Å². The molecular formula is C14H19NO3. The van der Waals surface area contributed by atoms with E-state index >= 15 is 0 Å². The molecule has 1 aliphatic heterocycles. The summed E-state index contributed by atoms with van der Waals surface area (Å²) >= 11 is 0. The summed E-state index contributed by atoms with van der Waals surface area (Å²) in [6.07, 6.45) is 0.566. The second kappa shape index (κ2) is 4.88. The molecule has 0 saturated heterocycles. The van der Waals surface area contributed by atoms with E-state index in [0.29, 0.717) is 6.54 Å². The topological polar surface area (TPSA) is 47.6 Å². The Balaban J connectivity index is 2.11. The molecule has 18 heavy (non-hydrogen) atoms. The number of alkyl carbamates (subject to hydrolysis) is 1. The van der Waals surface area contributed by atoms with Gasteiger partial charge in [0.1, 0.15) is 5.75 Å². The number of fused-ring (bicyclic) bond motifs is 1. The Hall–Kier alpha value is -1.71. The summed E-state index contributed by atoms with van der Waals surface area (Å²) < 4.78 is 10.1. The number of benzene rings is 1. The second-order valence-electron chi connectivity index (χ2n) is 5.15. The molecule has 98 valence electrons. The lowest BCUT2D eigenvalue weighted by molar-refractivity contribution is 0.168. The maximum absolute atomic E-state index is 11.1. The van der Waals surface area contributed by atoms with Crippen LogP contribution < -0.4 is 10.1 Å². The van der Waals surface area contributed by atoms with Crippen molar-refractivity contribution < 1.29 is 14.3 Å². The highest BCUT2D eigenvalue weighted by Gasteiger charge is 2.24. The van der Waals surface area contributed by atoms with E-state index in [9.17, 15) is 4.79 Å². The Kier molecular flexibility index (Phi) is 3.45. The highest BCUT2D eigenvalue weighted by atomic mass is 16.5.